The van der Waals surface area contributed by atoms with Gasteiger partial charge in [-0.15, -0.1) is 0 Å². The van der Waals surface area contributed by atoms with Crippen molar-refractivity contribution in [3.63, 3.8) is 0 Å². The average Bonchev–Trinajstić information content (AvgIpc) is 3.43. The van der Waals surface area contributed by atoms with E-state index in [2.05, 4.69) is 28.3 Å². The Bertz CT molecular complexity index is 990. The number of carbonyl (C=O) groups excluding carboxylic acids is 2. The van der Waals surface area contributed by atoms with Crippen LogP contribution in [0.2, 0.25) is 0 Å². The Labute approximate surface area is 157 Å². The predicted molar refractivity (Wildman–Crippen MR) is 104 cm³/mol. The molecule has 0 aliphatic heterocycles. The van der Waals surface area contributed by atoms with Crippen LogP contribution in [0.4, 0.5) is 4.79 Å². The van der Waals surface area contributed by atoms with Crippen molar-refractivity contribution >= 4 is 22.8 Å². The maximum Gasteiger partial charge on any atom is 0.333 e. The Morgan fingerprint density at radius 2 is 1.70 bits per heavy atom. The zero-order valence-corrected chi connectivity index (χ0v) is 15.2. The second-order valence-corrected chi connectivity index (χ2v) is 7.08. The zero-order chi connectivity index (χ0) is 18.9. The minimum absolute atomic E-state index is 0.0260. The molecule has 0 atom stereocenters. The lowest BCUT2D eigenvalue weighted by Gasteiger charge is -2.17. The van der Waals surface area contributed by atoms with E-state index < -0.39 is 6.03 Å². The summed E-state index contributed by atoms with van der Waals surface area (Å²) in [6.45, 7) is 0.549. The third kappa shape index (κ3) is 3.38. The molecule has 3 N–H and O–H groups in total. The molecule has 4 rings (SSSR count). The van der Waals surface area contributed by atoms with E-state index >= 15 is 0 Å². The molecule has 1 heterocycles. The number of benzene rings is 2. The van der Waals surface area contributed by atoms with Crippen LogP contribution in [0.25, 0.3) is 10.9 Å². The first kappa shape index (κ1) is 17.1. The molecule has 0 saturated heterocycles. The van der Waals surface area contributed by atoms with Crippen molar-refractivity contribution in [2.45, 2.75) is 18.3 Å². The Hall–Kier alpha value is -3.28. The molecular formula is C21H22N4O2. The number of rotatable bonds is 4. The molecule has 1 aliphatic rings. The first-order valence-corrected chi connectivity index (χ1v) is 9.03. The van der Waals surface area contributed by atoms with Crippen LogP contribution >= 0.6 is 0 Å². The van der Waals surface area contributed by atoms with Gasteiger partial charge in [0, 0.05) is 36.1 Å². The highest BCUT2D eigenvalue weighted by Crippen LogP contribution is 2.47. The fourth-order valence-corrected chi connectivity index (χ4v) is 3.51. The molecule has 2 aromatic carbocycles. The van der Waals surface area contributed by atoms with Crippen LogP contribution in [0, 0.1) is 0 Å². The second kappa shape index (κ2) is 6.79. The number of fused-ring (bicyclic) bond motifs is 1. The maximum absolute atomic E-state index is 12.4. The standard InChI is InChI=1S/C21H22N4O2/c1-25-13-17(16-9-5-6-10-18(16)25)19(26)23-24-20(27)22-14-21(11-12-21)15-7-3-2-4-8-15/h2-10,13H,11-12,14H2,1H3,(H,23,26)(H2,22,24,27). The van der Waals surface area contributed by atoms with Crippen LogP contribution in [0.1, 0.15) is 28.8 Å². The lowest BCUT2D eigenvalue weighted by molar-refractivity contribution is 0.0937. The van der Waals surface area contributed by atoms with Crippen molar-refractivity contribution in [2.24, 2.45) is 7.05 Å². The maximum atomic E-state index is 12.4. The van der Waals surface area contributed by atoms with Crippen molar-refractivity contribution in [1.82, 2.24) is 20.7 Å². The van der Waals surface area contributed by atoms with Gasteiger partial charge in [0.1, 0.15) is 0 Å². The SMILES string of the molecule is Cn1cc(C(=O)NNC(=O)NCC2(c3ccccc3)CC2)c2ccccc21. The van der Waals surface area contributed by atoms with E-state index in [4.69, 9.17) is 0 Å². The van der Waals surface area contributed by atoms with E-state index in [1.165, 1.54) is 5.56 Å². The number of hydrogen-bond donors (Lipinski definition) is 3. The van der Waals surface area contributed by atoms with E-state index in [0.29, 0.717) is 12.1 Å². The van der Waals surface area contributed by atoms with Gasteiger partial charge in [-0.05, 0) is 24.5 Å². The molecule has 1 fully saturated rings. The lowest BCUT2D eigenvalue weighted by atomic mass is 9.96. The molecular weight excluding hydrogens is 340 g/mol. The number of nitrogens with one attached hydrogen (secondary N) is 3. The molecule has 0 radical (unpaired) electrons. The van der Waals surface area contributed by atoms with Crippen molar-refractivity contribution in [3.05, 3.63) is 71.9 Å². The van der Waals surface area contributed by atoms with Crippen LogP contribution in [-0.4, -0.2) is 23.1 Å². The van der Waals surface area contributed by atoms with Gasteiger partial charge in [-0.1, -0.05) is 48.5 Å². The second-order valence-electron chi connectivity index (χ2n) is 7.08. The van der Waals surface area contributed by atoms with Crippen molar-refractivity contribution < 1.29 is 9.59 Å². The number of hydrogen-bond acceptors (Lipinski definition) is 2. The molecule has 3 aromatic rings. The normalized spacial score (nSPS) is 14.6. The summed E-state index contributed by atoms with van der Waals surface area (Å²) in [5.41, 5.74) is 7.69. The third-order valence-electron chi connectivity index (χ3n) is 5.26. The minimum Gasteiger partial charge on any atom is -0.350 e. The topological polar surface area (TPSA) is 75.2 Å². The number of aromatic nitrogens is 1. The number of amides is 3. The molecule has 138 valence electrons. The van der Waals surface area contributed by atoms with Gasteiger partial charge in [-0.2, -0.15) is 0 Å². The smallest absolute Gasteiger partial charge is 0.333 e. The van der Waals surface area contributed by atoms with E-state index in [1.54, 1.807) is 6.20 Å². The van der Waals surface area contributed by atoms with Gasteiger partial charge in [0.2, 0.25) is 0 Å². The highest BCUT2D eigenvalue weighted by atomic mass is 16.2. The molecule has 1 aromatic heterocycles. The average molecular weight is 362 g/mol. The van der Waals surface area contributed by atoms with E-state index in [0.717, 1.165) is 23.7 Å². The van der Waals surface area contributed by atoms with Crippen molar-refractivity contribution in [2.75, 3.05) is 6.54 Å². The molecule has 6 nitrogen and oxygen atoms in total. The van der Waals surface area contributed by atoms with Crippen LogP contribution in [-0.2, 0) is 12.5 Å². The summed E-state index contributed by atoms with van der Waals surface area (Å²) in [4.78, 5) is 24.6. The van der Waals surface area contributed by atoms with Crippen molar-refractivity contribution in [1.29, 1.82) is 0 Å². The molecule has 0 spiro atoms. The Morgan fingerprint density at radius 3 is 2.44 bits per heavy atom. The number of carbonyl (C=O) groups is 2. The highest BCUT2D eigenvalue weighted by Gasteiger charge is 2.44. The lowest BCUT2D eigenvalue weighted by Crippen LogP contribution is -2.48. The van der Waals surface area contributed by atoms with Crippen molar-refractivity contribution in [3.8, 4) is 0 Å². The summed E-state index contributed by atoms with van der Waals surface area (Å²) in [7, 11) is 1.89. The quantitative estimate of drug-likeness (QED) is 0.624. The van der Waals surface area contributed by atoms with Gasteiger partial charge in [0.05, 0.1) is 5.56 Å². The van der Waals surface area contributed by atoms with Crippen LogP contribution in [0.15, 0.2) is 60.8 Å². The van der Waals surface area contributed by atoms with Crippen LogP contribution < -0.4 is 16.2 Å². The van der Waals surface area contributed by atoms with Gasteiger partial charge in [-0.3, -0.25) is 10.2 Å². The fourth-order valence-electron chi connectivity index (χ4n) is 3.51. The van der Waals surface area contributed by atoms with Gasteiger partial charge >= 0.3 is 6.03 Å². The molecule has 1 aliphatic carbocycles. The molecule has 6 heteroatoms. The van der Waals surface area contributed by atoms with Crippen LogP contribution in [0.3, 0.4) is 0 Å². The van der Waals surface area contributed by atoms with E-state index in [-0.39, 0.29) is 11.3 Å². The summed E-state index contributed by atoms with van der Waals surface area (Å²) in [5, 5.41) is 3.71. The first-order chi connectivity index (χ1) is 13.1. The minimum atomic E-state index is -0.411. The monoisotopic (exact) mass is 362 g/mol. The van der Waals surface area contributed by atoms with Gasteiger partial charge in [0.15, 0.2) is 0 Å². The summed E-state index contributed by atoms with van der Waals surface area (Å²) in [6, 6.07) is 17.4. The Balaban J connectivity index is 1.33. The molecule has 27 heavy (non-hydrogen) atoms. The molecule has 1 saturated carbocycles. The zero-order valence-electron chi connectivity index (χ0n) is 15.2. The largest absolute Gasteiger partial charge is 0.350 e. The summed E-state index contributed by atoms with van der Waals surface area (Å²) in [6.07, 6.45) is 3.87. The van der Waals surface area contributed by atoms with Gasteiger partial charge in [-0.25, -0.2) is 10.2 Å². The van der Waals surface area contributed by atoms with E-state index in [9.17, 15) is 9.59 Å². The molecule has 3 amide bonds. The van der Waals surface area contributed by atoms with Gasteiger partial charge in [0.25, 0.3) is 5.91 Å². The Morgan fingerprint density at radius 1 is 1.00 bits per heavy atom. The number of nitrogens with zero attached hydrogens (tertiary/aromatic N) is 1. The number of hydrazine groups is 1. The first-order valence-electron chi connectivity index (χ1n) is 9.03. The molecule has 0 bridgehead atoms. The van der Waals surface area contributed by atoms with Crippen LogP contribution in [0.5, 0.6) is 0 Å². The molecule has 0 unspecified atom stereocenters. The van der Waals surface area contributed by atoms with Gasteiger partial charge < -0.3 is 9.88 Å². The highest BCUT2D eigenvalue weighted by molar-refractivity contribution is 6.07. The number of aryl methyl sites for hydroxylation is 1. The summed E-state index contributed by atoms with van der Waals surface area (Å²) in [5.74, 6) is -0.342. The Kier molecular flexibility index (Phi) is 4.32. The summed E-state index contributed by atoms with van der Waals surface area (Å²) >= 11 is 0. The number of urea groups is 1. The van der Waals surface area contributed by atoms with E-state index in [1.807, 2.05) is 54.1 Å². The number of para-hydroxylation sites is 1. The fraction of sp³-hybridized carbons (Fsp3) is 0.238. The third-order valence-corrected chi connectivity index (χ3v) is 5.26. The predicted octanol–water partition coefficient (Wildman–Crippen LogP) is 2.85. The summed E-state index contributed by atoms with van der Waals surface area (Å²) < 4.78 is 1.89.